The molecule has 3 N–H and O–H groups in total. The Morgan fingerprint density at radius 1 is 0.927 bits per heavy atom. The summed E-state index contributed by atoms with van der Waals surface area (Å²) in [5, 5.41) is 6.77. The van der Waals surface area contributed by atoms with Crippen molar-refractivity contribution in [1.29, 1.82) is 0 Å². The number of amides is 1. The van der Waals surface area contributed by atoms with E-state index in [1.165, 1.54) is 54.7 Å². The topological polar surface area (TPSA) is 87.3 Å². The number of hydrogen-bond donors (Lipinski definition) is 3. The summed E-state index contributed by atoms with van der Waals surface area (Å²) in [5.41, 5.74) is 5.20. The van der Waals surface area contributed by atoms with Gasteiger partial charge in [0.2, 0.25) is 15.9 Å². The van der Waals surface area contributed by atoms with Crippen LogP contribution in [0.5, 0.6) is 0 Å². The molecule has 0 spiro atoms. The Hall–Kier alpha value is -3.07. The van der Waals surface area contributed by atoms with E-state index in [0.717, 1.165) is 36.9 Å². The molecule has 0 unspecified atom stereocenters. The summed E-state index contributed by atoms with van der Waals surface area (Å²) in [6.07, 6.45) is 6.47. The molecule has 0 heterocycles. The smallest absolute Gasteiger partial charge is 0.241 e. The Bertz CT molecular complexity index is 1450. The number of carbonyl (C=O) groups is 1. The molecule has 0 saturated heterocycles. The van der Waals surface area contributed by atoms with Crippen LogP contribution in [0, 0.1) is 5.82 Å². The summed E-state index contributed by atoms with van der Waals surface area (Å²) >= 11 is 0. The van der Waals surface area contributed by atoms with Crippen LogP contribution in [0.25, 0.3) is 0 Å². The zero-order valence-electron chi connectivity index (χ0n) is 23.8. The number of halogens is 1. The number of benzene rings is 3. The molecule has 41 heavy (non-hydrogen) atoms. The molecule has 2 aliphatic rings. The highest BCUT2D eigenvalue weighted by molar-refractivity contribution is 7.89. The Morgan fingerprint density at radius 2 is 1.63 bits per heavy atom. The number of carbonyl (C=O) groups excluding carboxylic acids is 1. The minimum Gasteiger partial charge on any atom is -0.349 e. The number of nitrogens with one attached hydrogen (secondary N) is 3. The molecule has 0 aromatic heterocycles. The van der Waals surface area contributed by atoms with Gasteiger partial charge in [-0.15, -0.1) is 0 Å². The maximum atomic E-state index is 13.7. The maximum Gasteiger partial charge on any atom is 0.241 e. The Balaban J connectivity index is 1.29. The lowest BCUT2D eigenvalue weighted by Gasteiger charge is -2.29. The van der Waals surface area contributed by atoms with Crippen molar-refractivity contribution in [2.75, 3.05) is 0 Å². The van der Waals surface area contributed by atoms with Crippen molar-refractivity contribution in [3.05, 3.63) is 100 Å². The largest absolute Gasteiger partial charge is 0.349 e. The van der Waals surface area contributed by atoms with Crippen LogP contribution in [0.3, 0.4) is 0 Å². The summed E-state index contributed by atoms with van der Waals surface area (Å²) in [5.74, 6) is -0.410. The molecule has 1 saturated carbocycles. The Morgan fingerprint density at radius 3 is 2.29 bits per heavy atom. The monoisotopic (exact) mass is 577 g/mol. The van der Waals surface area contributed by atoms with Crippen molar-refractivity contribution in [2.24, 2.45) is 0 Å². The zero-order chi connectivity index (χ0) is 29.0. The van der Waals surface area contributed by atoms with Gasteiger partial charge in [0, 0.05) is 19.0 Å². The highest BCUT2D eigenvalue weighted by Gasteiger charge is 2.27. The number of sulfonamides is 1. The molecular weight excluding hydrogens is 537 g/mol. The molecule has 8 heteroatoms. The fraction of sp³-hybridized carbons (Fsp3) is 0.424. The second-order valence-electron chi connectivity index (χ2n) is 11.7. The lowest BCUT2D eigenvalue weighted by atomic mass is 9.86. The van der Waals surface area contributed by atoms with Crippen LogP contribution in [0.2, 0.25) is 0 Å². The molecule has 0 bridgehead atoms. The molecule has 1 amide bonds. The summed E-state index contributed by atoms with van der Waals surface area (Å²) in [4.78, 5) is 13.5. The third-order valence-electron chi connectivity index (χ3n) is 8.37. The highest BCUT2D eigenvalue weighted by atomic mass is 32.2. The first-order chi connectivity index (χ1) is 19.7. The van der Waals surface area contributed by atoms with E-state index < -0.39 is 21.9 Å². The van der Waals surface area contributed by atoms with E-state index in [1.807, 2.05) is 13.8 Å². The second-order valence-corrected chi connectivity index (χ2v) is 13.4. The summed E-state index contributed by atoms with van der Waals surface area (Å²) < 4.78 is 43.0. The van der Waals surface area contributed by atoms with Gasteiger partial charge in [-0.25, -0.2) is 17.5 Å². The van der Waals surface area contributed by atoms with Crippen molar-refractivity contribution in [3.8, 4) is 0 Å². The Labute approximate surface area is 243 Å². The second kappa shape index (κ2) is 12.8. The molecule has 0 aliphatic heterocycles. The normalized spacial score (nSPS) is 18.0. The number of aryl methyl sites for hydroxylation is 1. The van der Waals surface area contributed by atoms with Gasteiger partial charge in [-0.3, -0.25) is 4.79 Å². The minimum absolute atomic E-state index is 0.107. The van der Waals surface area contributed by atoms with Gasteiger partial charge in [-0.05, 0) is 90.1 Å². The van der Waals surface area contributed by atoms with Crippen molar-refractivity contribution >= 4 is 15.9 Å². The van der Waals surface area contributed by atoms with Gasteiger partial charge in [0.15, 0.2) is 0 Å². The van der Waals surface area contributed by atoms with Gasteiger partial charge in [0.05, 0.1) is 17.0 Å². The van der Waals surface area contributed by atoms with Gasteiger partial charge in [-0.2, -0.15) is 0 Å². The van der Waals surface area contributed by atoms with E-state index in [4.69, 9.17) is 0 Å². The van der Waals surface area contributed by atoms with Gasteiger partial charge in [-0.1, -0.05) is 62.7 Å². The van der Waals surface area contributed by atoms with E-state index in [2.05, 4.69) is 33.6 Å². The fourth-order valence-electron chi connectivity index (χ4n) is 5.65. The van der Waals surface area contributed by atoms with Gasteiger partial charge >= 0.3 is 0 Å². The number of rotatable bonds is 11. The number of fused-ring (bicyclic) bond motifs is 1. The molecule has 2 atom stereocenters. The quantitative estimate of drug-likeness (QED) is 0.254. The minimum atomic E-state index is -3.93. The highest BCUT2D eigenvalue weighted by Crippen LogP contribution is 2.31. The fourth-order valence-corrected chi connectivity index (χ4v) is 6.88. The van der Waals surface area contributed by atoms with Gasteiger partial charge in [0.1, 0.15) is 5.82 Å². The van der Waals surface area contributed by atoms with Gasteiger partial charge in [0.25, 0.3) is 0 Å². The van der Waals surface area contributed by atoms with Crippen LogP contribution in [0.4, 0.5) is 4.39 Å². The molecule has 3 aromatic carbocycles. The van der Waals surface area contributed by atoms with E-state index >= 15 is 0 Å². The summed E-state index contributed by atoms with van der Waals surface area (Å²) in [7, 11) is -3.93. The van der Waals surface area contributed by atoms with Crippen LogP contribution in [-0.2, 0) is 27.8 Å². The van der Waals surface area contributed by atoms with Crippen LogP contribution >= 0.6 is 0 Å². The van der Waals surface area contributed by atoms with E-state index in [1.54, 1.807) is 24.3 Å². The van der Waals surface area contributed by atoms with Crippen molar-refractivity contribution in [3.63, 3.8) is 0 Å². The molecule has 1 fully saturated rings. The van der Waals surface area contributed by atoms with Crippen LogP contribution in [0.15, 0.2) is 71.6 Å². The molecule has 218 valence electrons. The summed E-state index contributed by atoms with van der Waals surface area (Å²) in [6.45, 7) is 4.94. The SMILES string of the molecule is CC(C)c1ccc(S(=O)(=O)N[C@H](CC(=O)N[C@@H]2CCCc3cc(CNC4CCC4)ccc32)c2ccc(F)cc2)cc1. The summed E-state index contributed by atoms with van der Waals surface area (Å²) in [6, 6.07) is 18.5. The van der Waals surface area contributed by atoms with E-state index in [0.29, 0.717) is 11.6 Å². The van der Waals surface area contributed by atoms with Crippen molar-refractivity contribution in [2.45, 2.75) is 94.3 Å². The Kier molecular flexibility index (Phi) is 9.22. The average Bonchev–Trinajstić information content (AvgIpc) is 2.92. The van der Waals surface area contributed by atoms with Crippen molar-refractivity contribution < 1.29 is 17.6 Å². The predicted octanol–water partition coefficient (Wildman–Crippen LogP) is 6.19. The standard InChI is InChI=1S/C33H40FN3O3S/c1-22(2)24-12-16-29(17-13-24)41(39,40)37-32(25-10-14-27(34)15-11-25)20-33(38)36-31-8-3-5-26-19-23(9-18-30(26)31)21-35-28-6-4-7-28/h9-19,22,28,31-32,35,37H,3-8,20-21H2,1-2H3,(H,36,38)/t31-,32-/m1/s1. The average molecular weight is 578 g/mol. The molecule has 5 rings (SSSR count). The zero-order valence-corrected chi connectivity index (χ0v) is 24.6. The first kappa shape index (κ1) is 29.4. The van der Waals surface area contributed by atoms with E-state index in [9.17, 15) is 17.6 Å². The lowest BCUT2D eigenvalue weighted by Crippen LogP contribution is -2.36. The predicted molar refractivity (Wildman–Crippen MR) is 159 cm³/mol. The lowest BCUT2D eigenvalue weighted by molar-refractivity contribution is -0.122. The molecule has 2 aliphatic carbocycles. The third kappa shape index (κ3) is 7.42. The van der Waals surface area contributed by atoms with Crippen LogP contribution in [-0.4, -0.2) is 20.4 Å². The third-order valence-corrected chi connectivity index (χ3v) is 9.86. The van der Waals surface area contributed by atoms with Crippen LogP contribution in [0.1, 0.15) is 98.2 Å². The molecule has 3 aromatic rings. The molecule has 0 radical (unpaired) electrons. The first-order valence-corrected chi connectivity index (χ1v) is 16.2. The molecule has 6 nitrogen and oxygen atoms in total. The van der Waals surface area contributed by atoms with E-state index in [-0.39, 0.29) is 29.2 Å². The number of hydrogen-bond acceptors (Lipinski definition) is 4. The van der Waals surface area contributed by atoms with Crippen molar-refractivity contribution in [1.82, 2.24) is 15.4 Å². The maximum absolute atomic E-state index is 13.7. The van der Waals surface area contributed by atoms with Gasteiger partial charge < -0.3 is 10.6 Å². The first-order valence-electron chi connectivity index (χ1n) is 14.7. The molecular formula is C33H40FN3O3S. The van der Waals surface area contributed by atoms with Crippen LogP contribution < -0.4 is 15.4 Å².